The standard InChI is InChI=1S/C46H28O/c1-2-13-29(14-3-1)32-25-26-39(34-18-7-6-17-33(32)34)44-35-19-8-10-21-37(35)45(38-22-11-9-20-36(38)44)40-23-12-24-42-46(40)41-27-30-15-4-5-16-31(30)28-43(41)47-42/h1-28H/i1D,2D,3D,8D,9D,10D,11D,13D,14D,19D,20D,21D,22D. The van der Waals surface area contributed by atoms with Gasteiger partial charge in [-0.15, -0.1) is 0 Å². The van der Waals surface area contributed by atoms with Gasteiger partial charge < -0.3 is 4.42 Å². The van der Waals surface area contributed by atoms with E-state index in [1.165, 1.54) is 0 Å². The average Bonchev–Trinajstić information content (AvgIpc) is 3.63. The van der Waals surface area contributed by atoms with Crippen molar-refractivity contribution in [2.75, 3.05) is 0 Å². The lowest BCUT2D eigenvalue weighted by molar-refractivity contribution is 0.669. The van der Waals surface area contributed by atoms with Gasteiger partial charge in [-0.1, -0.05) is 151 Å². The molecule has 1 heterocycles. The molecule has 9 aromatic carbocycles. The summed E-state index contributed by atoms with van der Waals surface area (Å²) < 4.78 is 123. The van der Waals surface area contributed by atoms with E-state index in [-0.39, 0.29) is 38.2 Å². The molecule has 0 aliphatic heterocycles. The predicted molar refractivity (Wildman–Crippen MR) is 200 cm³/mol. The molecule has 0 aliphatic carbocycles. The SMILES string of the molecule is [2H]c1c([2H])c([2H])c(-c2ccc(-c3c4c([2H])c([2H])c([2H])c([2H])c4c(-c4cccc5oc6cc7ccccc7cc6c45)c4c([2H])c([2H])c([2H])c([2H])c34)c3ccccc23)c([2H])c1[2H]. The van der Waals surface area contributed by atoms with Crippen LogP contribution in [0.5, 0.6) is 0 Å². The average molecular weight is 610 g/mol. The molecule has 1 heteroatoms. The first-order chi connectivity index (χ1) is 28.7. The fourth-order valence-corrected chi connectivity index (χ4v) is 7.00. The van der Waals surface area contributed by atoms with Crippen molar-refractivity contribution in [3.63, 3.8) is 0 Å². The van der Waals surface area contributed by atoms with Crippen molar-refractivity contribution >= 4 is 65.0 Å². The molecule has 0 saturated carbocycles. The minimum atomic E-state index is -0.543. The van der Waals surface area contributed by atoms with Crippen LogP contribution >= 0.6 is 0 Å². The zero-order chi connectivity index (χ0) is 42.2. The fraction of sp³-hybridized carbons (Fsp3) is 0. The number of hydrogen-bond acceptors (Lipinski definition) is 1. The second-order valence-corrected chi connectivity index (χ2v) is 11.4. The molecule has 0 atom stereocenters. The third kappa shape index (κ3) is 3.90. The Labute approximate surface area is 290 Å². The van der Waals surface area contributed by atoms with E-state index in [1.807, 2.05) is 36.4 Å². The van der Waals surface area contributed by atoms with Gasteiger partial charge in [0, 0.05) is 10.8 Å². The van der Waals surface area contributed by atoms with Crippen molar-refractivity contribution in [2.45, 2.75) is 0 Å². The van der Waals surface area contributed by atoms with Crippen LogP contribution in [-0.4, -0.2) is 0 Å². The van der Waals surface area contributed by atoms with E-state index in [4.69, 9.17) is 16.8 Å². The maximum atomic E-state index is 9.53. The van der Waals surface area contributed by atoms with Crippen LogP contribution in [0, 0.1) is 0 Å². The van der Waals surface area contributed by atoms with Crippen molar-refractivity contribution in [1.82, 2.24) is 0 Å². The second kappa shape index (κ2) is 10.2. The topological polar surface area (TPSA) is 13.1 Å². The Morgan fingerprint density at radius 3 is 1.62 bits per heavy atom. The molecule has 0 spiro atoms. The number of hydrogen-bond donors (Lipinski definition) is 0. The normalized spacial score (nSPS) is 15.7. The first kappa shape index (κ1) is 16.4. The van der Waals surface area contributed by atoms with Gasteiger partial charge in [0.15, 0.2) is 0 Å². The number of furan rings is 1. The van der Waals surface area contributed by atoms with Gasteiger partial charge in [-0.25, -0.2) is 0 Å². The third-order valence-electron chi connectivity index (χ3n) is 8.97. The highest BCUT2D eigenvalue weighted by Crippen LogP contribution is 2.48. The molecule has 10 rings (SSSR count). The van der Waals surface area contributed by atoms with Gasteiger partial charge in [-0.05, 0) is 94.7 Å². The fourth-order valence-electron chi connectivity index (χ4n) is 7.00. The van der Waals surface area contributed by atoms with Gasteiger partial charge in [0.25, 0.3) is 0 Å². The van der Waals surface area contributed by atoms with Crippen LogP contribution in [0.4, 0.5) is 0 Å². The number of rotatable bonds is 3. The zero-order valence-electron chi connectivity index (χ0n) is 37.6. The van der Waals surface area contributed by atoms with Crippen molar-refractivity contribution in [3.8, 4) is 33.4 Å². The minimum Gasteiger partial charge on any atom is -0.456 e. The second-order valence-electron chi connectivity index (χ2n) is 11.4. The van der Waals surface area contributed by atoms with E-state index in [2.05, 4.69) is 0 Å². The highest BCUT2D eigenvalue weighted by molar-refractivity contribution is 6.27. The van der Waals surface area contributed by atoms with E-state index < -0.39 is 78.6 Å². The van der Waals surface area contributed by atoms with Crippen molar-refractivity contribution in [3.05, 3.63) is 170 Å². The van der Waals surface area contributed by atoms with E-state index >= 15 is 0 Å². The van der Waals surface area contributed by atoms with Gasteiger partial charge in [0.2, 0.25) is 0 Å². The zero-order valence-corrected chi connectivity index (χ0v) is 24.6. The first-order valence-electron chi connectivity index (χ1n) is 21.6. The molecule has 0 fully saturated rings. The molecule has 0 unspecified atom stereocenters. The van der Waals surface area contributed by atoms with Gasteiger partial charge >= 0.3 is 0 Å². The quantitative estimate of drug-likeness (QED) is 0.182. The molecular formula is C46H28O. The van der Waals surface area contributed by atoms with Gasteiger partial charge in [0.05, 0.1) is 17.8 Å². The molecule has 0 saturated heterocycles. The van der Waals surface area contributed by atoms with Crippen LogP contribution in [0.2, 0.25) is 0 Å². The van der Waals surface area contributed by atoms with Crippen LogP contribution < -0.4 is 0 Å². The summed E-state index contributed by atoms with van der Waals surface area (Å²) in [6.45, 7) is 0. The summed E-state index contributed by atoms with van der Waals surface area (Å²) in [7, 11) is 0. The monoisotopic (exact) mass is 609 g/mol. The van der Waals surface area contributed by atoms with Crippen LogP contribution in [0.3, 0.4) is 0 Å². The number of fused-ring (bicyclic) bond motifs is 7. The van der Waals surface area contributed by atoms with Crippen LogP contribution in [0.15, 0.2) is 174 Å². The molecule has 0 bridgehead atoms. The molecule has 0 N–H and O–H groups in total. The Hall–Kier alpha value is -6.18. The third-order valence-corrected chi connectivity index (χ3v) is 8.97. The summed E-state index contributed by atoms with van der Waals surface area (Å²) in [5.41, 5.74) is 2.41. The summed E-state index contributed by atoms with van der Waals surface area (Å²) in [5.74, 6) is 0. The summed E-state index contributed by atoms with van der Waals surface area (Å²) in [4.78, 5) is 0. The molecular weight excluding hydrogens is 569 g/mol. The molecule has 0 amide bonds. The number of benzene rings is 9. The summed E-state index contributed by atoms with van der Waals surface area (Å²) in [5, 5.41) is 4.18. The lowest BCUT2D eigenvalue weighted by atomic mass is 9.83. The Kier molecular flexibility index (Phi) is 3.55. The summed E-state index contributed by atoms with van der Waals surface area (Å²) in [6.07, 6.45) is 0. The van der Waals surface area contributed by atoms with E-state index in [9.17, 15) is 5.48 Å². The highest BCUT2D eigenvalue weighted by Gasteiger charge is 2.21. The molecule has 1 nitrogen and oxygen atoms in total. The Morgan fingerprint density at radius 1 is 0.383 bits per heavy atom. The van der Waals surface area contributed by atoms with E-state index in [1.54, 1.807) is 54.6 Å². The predicted octanol–water partition coefficient (Wildman–Crippen LogP) is 13.2. The molecule has 1 aromatic heterocycles. The van der Waals surface area contributed by atoms with Crippen molar-refractivity contribution < 1.29 is 22.2 Å². The maximum absolute atomic E-state index is 9.53. The first-order valence-corrected chi connectivity index (χ1v) is 15.1. The van der Waals surface area contributed by atoms with Crippen LogP contribution in [0.25, 0.3) is 98.4 Å². The van der Waals surface area contributed by atoms with Gasteiger partial charge in [0.1, 0.15) is 11.2 Å². The van der Waals surface area contributed by atoms with Gasteiger partial charge in [-0.2, -0.15) is 0 Å². The Morgan fingerprint density at radius 2 is 0.936 bits per heavy atom. The van der Waals surface area contributed by atoms with Crippen LogP contribution in [-0.2, 0) is 0 Å². The van der Waals surface area contributed by atoms with Crippen molar-refractivity contribution in [2.24, 2.45) is 0 Å². The van der Waals surface area contributed by atoms with Crippen LogP contribution in [0.1, 0.15) is 17.8 Å². The van der Waals surface area contributed by atoms with E-state index in [0.717, 1.165) is 10.8 Å². The Bertz CT molecular complexity index is 3480. The summed E-state index contributed by atoms with van der Waals surface area (Å²) >= 11 is 0. The maximum Gasteiger partial charge on any atom is 0.136 e. The van der Waals surface area contributed by atoms with Gasteiger partial charge in [-0.3, -0.25) is 0 Å². The highest BCUT2D eigenvalue weighted by atomic mass is 16.3. The lowest BCUT2D eigenvalue weighted by Gasteiger charge is -2.20. The minimum absolute atomic E-state index is 0.0181. The smallest absolute Gasteiger partial charge is 0.136 e. The lowest BCUT2D eigenvalue weighted by Crippen LogP contribution is -1.92. The largest absolute Gasteiger partial charge is 0.456 e. The molecule has 47 heavy (non-hydrogen) atoms. The molecule has 0 radical (unpaired) electrons. The Balaban J connectivity index is 1.44. The summed E-state index contributed by atoms with van der Waals surface area (Å²) in [6, 6.07) is 20.9. The molecule has 0 aliphatic rings. The molecule has 218 valence electrons. The molecule has 10 aromatic rings. The van der Waals surface area contributed by atoms with E-state index in [0.29, 0.717) is 49.4 Å². The van der Waals surface area contributed by atoms with Crippen molar-refractivity contribution in [1.29, 1.82) is 0 Å².